The van der Waals surface area contributed by atoms with Crippen molar-refractivity contribution < 1.29 is 14.8 Å². The van der Waals surface area contributed by atoms with E-state index >= 15 is 0 Å². The SMILES string of the molecule is C1CCC2OOOCCC2C1. The lowest BCUT2D eigenvalue weighted by Gasteiger charge is -2.26. The van der Waals surface area contributed by atoms with Crippen molar-refractivity contribution in [2.24, 2.45) is 5.92 Å². The molecule has 1 heterocycles. The third-order valence-electron chi connectivity index (χ3n) is 2.62. The summed E-state index contributed by atoms with van der Waals surface area (Å²) in [5.41, 5.74) is 0. The molecule has 0 bridgehead atoms. The Morgan fingerprint density at radius 1 is 1.00 bits per heavy atom. The molecule has 0 spiro atoms. The second-order valence-corrected chi connectivity index (χ2v) is 3.36. The maximum atomic E-state index is 5.08. The number of fused-ring (bicyclic) bond motifs is 1. The first-order valence-electron chi connectivity index (χ1n) is 4.42. The average Bonchev–Trinajstić information content (AvgIpc) is 2.28. The number of rotatable bonds is 0. The average molecular weight is 158 g/mol. The fourth-order valence-corrected chi connectivity index (χ4v) is 1.94. The van der Waals surface area contributed by atoms with E-state index in [1.807, 2.05) is 0 Å². The Morgan fingerprint density at radius 3 is 2.91 bits per heavy atom. The molecule has 2 aliphatic rings. The molecule has 11 heavy (non-hydrogen) atoms. The zero-order chi connectivity index (χ0) is 7.52. The lowest BCUT2D eigenvalue weighted by Crippen LogP contribution is -2.25. The Morgan fingerprint density at radius 2 is 1.91 bits per heavy atom. The fourth-order valence-electron chi connectivity index (χ4n) is 1.94. The topological polar surface area (TPSA) is 27.7 Å². The Kier molecular flexibility index (Phi) is 2.41. The molecule has 1 aliphatic carbocycles. The van der Waals surface area contributed by atoms with Gasteiger partial charge in [-0.3, -0.25) is 0 Å². The van der Waals surface area contributed by atoms with Crippen LogP contribution >= 0.6 is 0 Å². The smallest absolute Gasteiger partial charge is 0.0990 e. The molecule has 0 aromatic rings. The Balaban J connectivity index is 1.93. The van der Waals surface area contributed by atoms with E-state index in [0.29, 0.717) is 18.6 Å². The van der Waals surface area contributed by atoms with Gasteiger partial charge in [0.25, 0.3) is 0 Å². The van der Waals surface area contributed by atoms with Gasteiger partial charge in [0.1, 0.15) is 0 Å². The summed E-state index contributed by atoms with van der Waals surface area (Å²) in [6.07, 6.45) is 6.40. The van der Waals surface area contributed by atoms with E-state index in [4.69, 9.17) is 9.78 Å². The lowest BCUT2D eigenvalue weighted by atomic mass is 9.85. The number of hydrogen-bond acceptors (Lipinski definition) is 3. The summed E-state index contributed by atoms with van der Waals surface area (Å²) in [6, 6.07) is 0. The minimum Gasteiger partial charge on any atom is -0.206 e. The highest BCUT2D eigenvalue weighted by Crippen LogP contribution is 2.30. The van der Waals surface area contributed by atoms with Crippen LogP contribution in [0.15, 0.2) is 0 Å². The first kappa shape index (κ1) is 7.53. The van der Waals surface area contributed by atoms with Crippen LogP contribution < -0.4 is 0 Å². The zero-order valence-corrected chi connectivity index (χ0v) is 6.62. The van der Waals surface area contributed by atoms with E-state index in [1.54, 1.807) is 0 Å². The van der Waals surface area contributed by atoms with Crippen LogP contribution in [-0.4, -0.2) is 12.7 Å². The molecule has 1 aliphatic heterocycles. The van der Waals surface area contributed by atoms with Crippen LogP contribution in [-0.2, 0) is 14.8 Å². The maximum absolute atomic E-state index is 5.08. The van der Waals surface area contributed by atoms with Crippen LogP contribution in [0.5, 0.6) is 0 Å². The fraction of sp³-hybridized carbons (Fsp3) is 1.00. The molecule has 0 aromatic heterocycles. The molecule has 2 rings (SSSR count). The van der Waals surface area contributed by atoms with E-state index in [9.17, 15) is 0 Å². The van der Waals surface area contributed by atoms with Gasteiger partial charge in [-0.15, -0.1) is 0 Å². The largest absolute Gasteiger partial charge is 0.206 e. The molecule has 0 radical (unpaired) electrons. The molecule has 64 valence electrons. The quantitative estimate of drug-likeness (QED) is 0.503. The van der Waals surface area contributed by atoms with Crippen molar-refractivity contribution >= 4 is 0 Å². The van der Waals surface area contributed by atoms with Gasteiger partial charge >= 0.3 is 0 Å². The van der Waals surface area contributed by atoms with E-state index in [2.05, 4.69) is 5.04 Å². The monoisotopic (exact) mass is 158 g/mol. The summed E-state index contributed by atoms with van der Waals surface area (Å²) < 4.78 is 0. The third kappa shape index (κ3) is 1.72. The molecule has 3 nitrogen and oxygen atoms in total. The molecule has 0 N–H and O–H groups in total. The molecule has 1 saturated heterocycles. The molecule has 1 saturated carbocycles. The highest BCUT2D eigenvalue weighted by Gasteiger charge is 2.28. The molecule has 2 unspecified atom stereocenters. The summed E-state index contributed by atoms with van der Waals surface area (Å²) >= 11 is 0. The Labute approximate surface area is 66.5 Å². The van der Waals surface area contributed by atoms with Crippen molar-refractivity contribution in [1.29, 1.82) is 0 Å². The molecule has 2 fully saturated rings. The normalized spacial score (nSPS) is 39.3. The maximum Gasteiger partial charge on any atom is 0.0990 e. The van der Waals surface area contributed by atoms with E-state index in [1.165, 1.54) is 19.3 Å². The highest BCUT2D eigenvalue weighted by atomic mass is 17.5. The zero-order valence-electron chi connectivity index (χ0n) is 6.62. The van der Waals surface area contributed by atoms with Crippen LogP contribution in [0.3, 0.4) is 0 Å². The summed E-state index contributed by atoms with van der Waals surface area (Å²) in [5.74, 6) is 0.672. The van der Waals surface area contributed by atoms with Gasteiger partial charge in [-0.1, -0.05) is 17.9 Å². The number of hydrogen-bond donors (Lipinski definition) is 0. The first-order chi connectivity index (χ1) is 5.47. The van der Waals surface area contributed by atoms with Crippen LogP contribution in [0, 0.1) is 5.92 Å². The molecular formula is C8H14O3. The van der Waals surface area contributed by atoms with Gasteiger partial charge in [-0.05, 0) is 25.2 Å². The van der Waals surface area contributed by atoms with Crippen molar-refractivity contribution in [2.45, 2.75) is 38.2 Å². The second kappa shape index (κ2) is 3.52. The van der Waals surface area contributed by atoms with Gasteiger partial charge in [-0.25, -0.2) is 9.78 Å². The van der Waals surface area contributed by atoms with Crippen molar-refractivity contribution in [3.8, 4) is 0 Å². The van der Waals surface area contributed by atoms with E-state index in [0.717, 1.165) is 12.8 Å². The van der Waals surface area contributed by atoms with Gasteiger partial charge in [-0.2, -0.15) is 0 Å². The van der Waals surface area contributed by atoms with Gasteiger partial charge in [0.15, 0.2) is 0 Å². The summed E-state index contributed by atoms with van der Waals surface area (Å²) in [5, 5.41) is 4.56. The van der Waals surface area contributed by atoms with Crippen molar-refractivity contribution in [3.05, 3.63) is 0 Å². The van der Waals surface area contributed by atoms with Crippen LogP contribution in [0.2, 0.25) is 0 Å². The minimum absolute atomic E-state index is 0.297. The predicted octanol–water partition coefficient (Wildman–Crippen LogP) is 1.83. The molecule has 0 aromatic carbocycles. The third-order valence-corrected chi connectivity index (χ3v) is 2.62. The predicted molar refractivity (Wildman–Crippen MR) is 38.5 cm³/mol. The van der Waals surface area contributed by atoms with Crippen LogP contribution in [0.25, 0.3) is 0 Å². The van der Waals surface area contributed by atoms with Crippen LogP contribution in [0.1, 0.15) is 32.1 Å². The Hall–Kier alpha value is -0.120. The van der Waals surface area contributed by atoms with Crippen molar-refractivity contribution in [1.82, 2.24) is 0 Å². The van der Waals surface area contributed by atoms with Crippen LogP contribution in [0.4, 0.5) is 0 Å². The second-order valence-electron chi connectivity index (χ2n) is 3.36. The van der Waals surface area contributed by atoms with Gasteiger partial charge in [0.05, 0.1) is 12.7 Å². The summed E-state index contributed by atoms with van der Waals surface area (Å²) in [4.78, 5) is 9.85. The van der Waals surface area contributed by atoms with Crippen molar-refractivity contribution in [3.63, 3.8) is 0 Å². The first-order valence-corrected chi connectivity index (χ1v) is 4.42. The Bertz CT molecular complexity index is 113. The van der Waals surface area contributed by atoms with Gasteiger partial charge in [0.2, 0.25) is 0 Å². The van der Waals surface area contributed by atoms with Gasteiger partial charge < -0.3 is 0 Å². The highest BCUT2D eigenvalue weighted by molar-refractivity contribution is 4.75. The van der Waals surface area contributed by atoms with Gasteiger partial charge in [0, 0.05) is 0 Å². The minimum atomic E-state index is 0.297. The molecular weight excluding hydrogens is 144 g/mol. The van der Waals surface area contributed by atoms with Crippen molar-refractivity contribution in [2.75, 3.05) is 6.61 Å². The van der Waals surface area contributed by atoms with E-state index < -0.39 is 0 Å². The van der Waals surface area contributed by atoms with E-state index in [-0.39, 0.29) is 0 Å². The molecule has 2 atom stereocenters. The summed E-state index contributed by atoms with van der Waals surface area (Å²) in [6.45, 7) is 0.682. The molecule has 3 heteroatoms. The standard InChI is InChI=1S/C8H14O3/c1-2-4-8-7(3-1)5-6-9-11-10-8/h7-8H,1-6H2. The lowest BCUT2D eigenvalue weighted by molar-refractivity contribution is -0.520. The molecule has 0 amide bonds. The summed E-state index contributed by atoms with van der Waals surface area (Å²) in [7, 11) is 0.